The van der Waals surface area contributed by atoms with Crippen LogP contribution in [-0.4, -0.2) is 35.6 Å². The Morgan fingerprint density at radius 1 is 1.10 bits per heavy atom. The smallest absolute Gasteiger partial charge is 0.250 e. The van der Waals surface area contributed by atoms with E-state index in [1.54, 1.807) is 17.0 Å². The molecule has 0 N–H and O–H groups in total. The monoisotopic (exact) mass is 516 g/mol. The third-order valence-corrected chi connectivity index (χ3v) is 6.85. The molecule has 0 spiro atoms. The topological polar surface area (TPSA) is 58.6 Å². The number of alkyl halides is 1. The second-order valence-electron chi connectivity index (χ2n) is 7.01. The van der Waals surface area contributed by atoms with Crippen molar-refractivity contribution < 1.29 is 9.53 Å². The highest BCUT2D eigenvalue weighted by atomic mass is 35.5. The van der Waals surface area contributed by atoms with Crippen LogP contribution in [0.4, 0.5) is 10.8 Å². The van der Waals surface area contributed by atoms with Gasteiger partial charge in [-0.3, -0.25) is 9.69 Å². The minimum absolute atomic E-state index is 0.0905. The summed E-state index contributed by atoms with van der Waals surface area (Å²) in [6.07, 6.45) is 0. The van der Waals surface area contributed by atoms with Crippen molar-refractivity contribution in [1.82, 2.24) is 10.2 Å². The standard InChI is InChI=1S/C20H16Cl4N4O2S/c1-27(2)12-5-3-10(4-6-12)17-16(24)19(29)28(17)20-26-25-15(31-20)9-30-18-13(22)7-11(21)8-14(18)23/h3-8,16-17H,9H2,1-2H3. The average molecular weight is 518 g/mol. The van der Waals surface area contributed by atoms with Crippen LogP contribution in [0.2, 0.25) is 15.1 Å². The van der Waals surface area contributed by atoms with Gasteiger partial charge in [0.05, 0.1) is 16.1 Å². The predicted molar refractivity (Wildman–Crippen MR) is 126 cm³/mol. The highest BCUT2D eigenvalue weighted by Gasteiger charge is 2.49. The normalized spacial score (nSPS) is 18.1. The summed E-state index contributed by atoms with van der Waals surface area (Å²) in [5.74, 6) is 0.0972. The number of hydrogen-bond acceptors (Lipinski definition) is 6. The third kappa shape index (κ3) is 4.43. The van der Waals surface area contributed by atoms with Crippen molar-refractivity contribution in [1.29, 1.82) is 0 Å². The highest BCUT2D eigenvalue weighted by molar-refractivity contribution is 7.15. The van der Waals surface area contributed by atoms with Crippen molar-refractivity contribution in [2.45, 2.75) is 18.0 Å². The summed E-state index contributed by atoms with van der Waals surface area (Å²) in [5, 5.41) is 9.65. The molecule has 1 aromatic heterocycles. The van der Waals surface area contributed by atoms with E-state index in [4.69, 9.17) is 51.1 Å². The van der Waals surface area contributed by atoms with Crippen molar-refractivity contribution in [3.05, 3.63) is 62.0 Å². The summed E-state index contributed by atoms with van der Waals surface area (Å²) in [6.45, 7) is 0.0905. The number of aromatic nitrogens is 2. The van der Waals surface area contributed by atoms with E-state index in [1.807, 2.05) is 43.3 Å². The van der Waals surface area contributed by atoms with Gasteiger partial charge in [0.2, 0.25) is 11.0 Å². The maximum Gasteiger partial charge on any atom is 0.250 e. The summed E-state index contributed by atoms with van der Waals surface area (Å²) < 4.78 is 5.70. The van der Waals surface area contributed by atoms with E-state index in [0.29, 0.717) is 31.0 Å². The fourth-order valence-corrected chi connectivity index (χ4v) is 5.24. The van der Waals surface area contributed by atoms with Gasteiger partial charge in [-0.2, -0.15) is 0 Å². The second-order valence-corrected chi connectivity index (χ2v) is 9.77. The Hall–Kier alpha value is -1.77. The number of hydrogen-bond donors (Lipinski definition) is 0. The van der Waals surface area contributed by atoms with Crippen LogP contribution in [-0.2, 0) is 11.4 Å². The first-order valence-corrected chi connectivity index (χ1v) is 11.5. The van der Waals surface area contributed by atoms with Gasteiger partial charge in [0.1, 0.15) is 12.0 Å². The van der Waals surface area contributed by atoms with E-state index in [1.165, 1.54) is 11.3 Å². The zero-order chi connectivity index (χ0) is 22.3. The lowest BCUT2D eigenvalue weighted by molar-refractivity contribution is -0.123. The molecular formula is C20H16Cl4N4O2S. The number of carbonyl (C=O) groups excluding carboxylic acids is 1. The van der Waals surface area contributed by atoms with E-state index < -0.39 is 5.38 Å². The Morgan fingerprint density at radius 2 is 1.74 bits per heavy atom. The molecule has 0 saturated carbocycles. The second kappa shape index (κ2) is 9.00. The molecule has 1 aliphatic heterocycles. The maximum absolute atomic E-state index is 12.5. The summed E-state index contributed by atoms with van der Waals surface area (Å²) in [4.78, 5) is 16.0. The molecule has 0 radical (unpaired) electrons. The van der Waals surface area contributed by atoms with Gasteiger partial charge < -0.3 is 9.64 Å². The first-order valence-electron chi connectivity index (χ1n) is 9.10. The maximum atomic E-state index is 12.5. The Bertz CT molecular complexity index is 1100. The number of β-lactam (4-membered cyclic amide) rings is 1. The number of anilines is 2. The largest absolute Gasteiger partial charge is 0.483 e. The van der Waals surface area contributed by atoms with E-state index in [2.05, 4.69) is 10.2 Å². The average Bonchev–Trinajstić information content (AvgIpc) is 3.18. The van der Waals surface area contributed by atoms with E-state index in [9.17, 15) is 4.79 Å². The SMILES string of the molecule is CN(C)c1ccc(C2C(Cl)C(=O)N2c2nnc(COc3c(Cl)cc(Cl)cc3Cl)s2)cc1. The summed E-state index contributed by atoms with van der Waals surface area (Å²) in [6, 6.07) is 10.7. The Kier molecular flexibility index (Phi) is 6.51. The molecule has 1 aliphatic rings. The zero-order valence-electron chi connectivity index (χ0n) is 16.4. The Balaban J connectivity index is 1.50. The first kappa shape index (κ1) is 22.4. The molecule has 31 heavy (non-hydrogen) atoms. The number of nitrogens with zero attached hydrogens (tertiary/aromatic N) is 4. The fourth-order valence-electron chi connectivity index (χ4n) is 3.16. The molecule has 2 heterocycles. The van der Waals surface area contributed by atoms with Gasteiger partial charge in [0.25, 0.3) is 0 Å². The summed E-state index contributed by atoms with van der Waals surface area (Å²) in [7, 11) is 3.93. The molecule has 6 nitrogen and oxygen atoms in total. The van der Waals surface area contributed by atoms with Crippen molar-refractivity contribution in [3.63, 3.8) is 0 Å². The van der Waals surface area contributed by atoms with E-state index in [-0.39, 0.29) is 18.6 Å². The molecule has 2 unspecified atom stereocenters. The van der Waals surface area contributed by atoms with Crippen molar-refractivity contribution in [2.75, 3.05) is 23.9 Å². The lowest BCUT2D eigenvalue weighted by Gasteiger charge is -2.42. The van der Waals surface area contributed by atoms with Crippen LogP contribution in [0, 0.1) is 0 Å². The van der Waals surface area contributed by atoms with Gasteiger partial charge in [-0.1, -0.05) is 58.3 Å². The van der Waals surface area contributed by atoms with Gasteiger partial charge in [0, 0.05) is 24.8 Å². The highest BCUT2D eigenvalue weighted by Crippen LogP contribution is 2.43. The number of amides is 1. The molecule has 1 fully saturated rings. The van der Waals surface area contributed by atoms with Gasteiger partial charge in [-0.15, -0.1) is 21.8 Å². The van der Waals surface area contributed by atoms with Crippen LogP contribution in [0.15, 0.2) is 36.4 Å². The van der Waals surface area contributed by atoms with Gasteiger partial charge in [0.15, 0.2) is 10.8 Å². The number of carbonyl (C=O) groups is 1. The Labute approximate surface area is 203 Å². The predicted octanol–water partition coefficient (Wildman–Crippen LogP) is 5.84. The molecule has 2 aromatic carbocycles. The van der Waals surface area contributed by atoms with E-state index >= 15 is 0 Å². The lowest BCUT2D eigenvalue weighted by Crippen LogP contribution is -2.56. The van der Waals surface area contributed by atoms with Gasteiger partial charge in [-0.05, 0) is 29.8 Å². The molecule has 0 bridgehead atoms. The molecule has 4 rings (SSSR count). The van der Waals surface area contributed by atoms with Crippen LogP contribution < -0.4 is 14.5 Å². The molecule has 1 amide bonds. The third-order valence-electron chi connectivity index (χ3n) is 4.75. The van der Waals surface area contributed by atoms with Gasteiger partial charge in [-0.25, -0.2) is 0 Å². The minimum Gasteiger partial charge on any atom is -0.483 e. The molecule has 162 valence electrons. The lowest BCUT2D eigenvalue weighted by atomic mass is 9.94. The van der Waals surface area contributed by atoms with Crippen LogP contribution in [0.25, 0.3) is 0 Å². The Morgan fingerprint density at radius 3 is 2.35 bits per heavy atom. The van der Waals surface area contributed by atoms with Gasteiger partial charge >= 0.3 is 0 Å². The van der Waals surface area contributed by atoms with E-state index in [0.717, 1.165) is 11.3 Å². The van der Waals surface area contributed by atoms with Crippen LogP contribution in [0.3, 0.4) is 0 Å². The number of benzene rings is 2. The molecule has 0 aliphatic carbocycles. The molecule has 1 saturated heterocycles. The van der Waals surface area contributed by atoms with Crippen LogP contribution >= 0.6 is 57.7 Å². The molecular weight excluding hydrogens is 502 g/mol. The summed E-state index contributed by atoms with van der Waals surface area (Å²) in [5.41, 5.74) is 1.99. The number of ether oxygens (including phenoxy) is 1. The first-order chi connectivity index (χ1) is 14.8. The van der Waals surface area contributed by atoms with Crippen LogP contribution in [0.5, 0.6) is 5.75 Å². The molecule has 11 heteroatoms. The minimum atomic E-state index is -0.652. The number of rotatable bonds is 6. The zero-order valence-corrected chi connectivity index (χ0v) is 20.2. The summed E-state index contributed by atoms with van der Waals surface area (Å²) >= 11 is 25.8. The quantitative estimate of drug-likeness (QED) is 0.303. The van der Waals surface area contributed by atoms with Crippen molar-refractivity contribution in [3.8, 4) is 5.75 Å². The van der Waals surface area contributed by atoms with Crippen molar-refractivity contribution >= 4 is 74.5 Å². The molecule has 3 aromatic rings. The van der Waals surface area contributed by atoms with Crippen LogP contribution in [0.1, 0.15) is 16.6 Å². The van der Waals surface area contributed by atoms with Crippen molar-refractivity contribution in [2.24, 2.45) is 0 Å². The number of halogens is 4. The molecule has 2 atom stereocenters. The fraction of sp³-hybridized carbons (Fsp3) is 0.250.